The van der Waals surface area contributed by atoms with Crippen LogP contribution in [0, 0.1) is 0 Å². The van der Waals surface area contributed by atoms with E-state index in [0.29, 0.717) is 5.82 Å². The van der Waals surface area contributed by atoms with Crippen molar-refractivity contribution >= 4 is 23.2 Å². The van der Waals surface area contributed by atoms with Crippen LogP contribution in [-0.2, 0) is 0 Å². The Morgan fingerprint density at radius 2 is 1.52 bits per heavy atom. The normalized spacial score (nSPS) is 10.4. The fourth-order valence-electron chi connectivity index (χ4n) is 2.61. The van der Waals surface area contributed by atoms with Crippen LogP contribution in [0.4, 0.5) is 17.3 Å². The first kappa shape index (κ1) is 16.5. The number of anilines is 3. The Bertz CT molecular complexity index is 1050. The number of pyridine rings is 2. The molecule has 2 N–H and O–H groups in total. The van der Waals surface area contributed by atoms with E-state index in [1.54, 1.807) is 24.5 Å². The van der Waals surface area contributed by atoms with Crippen LogP contribution in [0.1, 0.15) is 10.6 Å². The molecule has 0 bridgehead atoms. The maximum absolute atomic E-state index is 12.1. The quantitative estimate of drug-likeness (QED) is 0.540. The number of carbonyl (C=O) groups is 1. The molecule has 6 nitrogen and oxygen atoms in total. The molecule has 4 aromatic rings. The zero-order valence-electron chi connectivity index (χ0n) is 14.3. The van der Waals surface area contributed by atoms with Crippen molar-refractivity contribution in [3.05, 3.63) is 91.1 Å². The Hall–Kier alpha value is -3.93. The third-order valence-corrected chi connectivity index (χ3v) is 3.89. The number of hydrogen-bond acceptors (Lipinski definition) is 5. The maximum Gasteiger partial charge on any atom is 0.292 e. The van der Waals surface area contributed by atoms with Crippen molar-refractivity contribution in [3.8, 4) is 11.1 Å². The van der Waals surface area contributed by atoms with E-state index in [1.165, 1.54) is 6.26 Å². The van der Waals surface area contributed by atoms with Crippen molar-refractivity contribution in [2.75, 3.05) is 10.6 Å². The van der Waals surface area contributed by atoms with E-state index in [2.05, 4.69) is 20.6 Å². The molecule has 132 valence electrons. The van der Waals surface area contributed by atoms with Crippen LogP contribution in [0.3, 0.4) is 0 Å². The van der Waals surface area contributed by atoms with Gasteiger partial charge in [0.15, 0.2) is 5.76 Å². The Morgan fingerprint density at radius 1 is 0.815 bits per heavy atom. The third-order valence-electron chi connectivity index (χ3n) is 3.89. The highest BCUT2D eigenvalue weighted by molar-refractivity contribution is 6.01. The lowest BCUT2D eigenvalue weighted by atomic mass is 10.1. The lowest BCUT2D eigenvalue weighted by molar-refractivity contribution is 0.0996. The molecule has 0 atom stereocenters. The van der Waals surface area contributed by atoms with Gasteiger partial charge in [0.05, 0.1) is 6.26 Å². The molecular weight excluding hydrogens is 340 g/mol. The molecule has 0 aliphatic heterocycles. The maximum atomic E-state index is 12.1. The average molecular weight is 356 g/mol. The Labute approximate surface area is 155 Å². The number of nitrogens with one attached hydrogen (secondary N) is 2. The van der Waals surface area contributed by atoms with Crippen LogP contribution in [0.15, 0.2) is 89.8 Å². The highest BCUT2D eigenvalue weighted by Gasteiger charge is 2.10. The summed E-state index contributed by atoms with van der Waals surface area (Å²) in [5, 5.41) is 6.00. The van der Waals surface area contributed by atoms with Gasteiger partial charge in [-0.25, -0.2) is 9.97 Å². The predicted molar refractivity (Wildman–Crippen MR) is 104 cm³/mol. The second-order valence-corrected chi connectivity index (χ2v) is 5.78. The Balaban J connectivity index is 1.55. The summed E-state index contributed by atoms with van der Waals surface area (Å²) in [7, 11) is 0. The van der Waals surface area contributed by atoms with Crippen molar-refractivity contribution in [2.45, 2.75) is 0 Å². The number of para-hydroxylation sites is 1. The number of hydrogen-bond donors (Lipinski definition) is 2. The van der Waals surface area contributed by atoms with Gasteiger partial charge in [-0.15, -0.1) is 0 Å². The van der Waals surface area contributed by atoms with Gasteiger partial charge in [0.1, 0.15) is 11.6 Å². The molecule has 3 heterocycles. The molecule has 3 aromatic heterocycles. The number of furan rings is 1. The van der Waals surface area contributed by atoms with Crippen LogP contribution in [0.25, 0.3) is 11.1 Å². The molecule has 6 heteroatoms. The van der Waals surface area contributed by atoms with Crippen LogP contribution >= 0.6 is 0 Å². The minimum atomic E-state index is -0.342. The summed E-state index contributed by atoms with van der Waals surface area (Å²) in [5.74, 6) is 1.08. The van der Waals surface area contributed by atoms with Crippen LogP contribution < -0.4 is 10.6 Å². The Kier molecular flexibility index (Phi) is 4.61. The lowest BCUT2D eigenvalue weighted by Gasteiger charge is -2.09. The summed E-state index contributed by atoms with van der Waals surface area (Å²) in [6.45, 7) is 0. The molecule has 27 heavy (non-hydrogen) atoms. The Morgan fingerprint density at radius 3 is 2.22 bits per heavy atom. The van der Waals surface area contributed by atoms with Gasteiger partial charge in [-0.05, 0) is 59.7 Å². The van der Waals surface area contributed by atoms with Gasteiger partial charge in [0, 0.05) is 18.1 Å². The van der Waals surface area contributed by atoms with E-state index in [9.17, 15) is 4.79 Å². The molecule has 0 radical (unpaired) electrons. The topological polar surface area (TPSA) is 80.0 Å². The van der Waals surface area contributed by atoms with E-state index in [4.69, 9.17) is 4.42 Å². The largest absolute Gasteiger partial charge is 0.459 e. The third kappa shape index (κ3) is 4.01. The standard InChI is InChI=1S/C21H16N4O2/c26-21(18-7-4-12-27-18)25-20-14-16(9-11-23-20)15-8-10-22-19(13-15)24-17-5-2-1-3-6-17/h1-14H,(H,22,24)(H,23,25,26). The van der Waals surface area contributed by atoms with Gasteiger partial charge >= 0.3 is 0 Å². The zero-order chi connectivity index (χ0) is 18.5. The van der Waals surface area contributed by atoms with Gasteiger partial charge in [-0.3, -0.25) is 4.79 Å². The lowest BCUT2D eigenvalue weighted by Crippen LogP contribution is -2.11. The van der Waals surface area contributed by atoms with Crippen molar-refractivity contribution in [1.82, 2.24) is 9.97 Å². The zero-order valence-corrected chi connectivity index (χ0v) is 14.3. The molecule has 4 rings (SSSR count). The average Bonchev–Trinajstić information content (AvgIpc) is 3.24. The molecule has 1 amide bonds. The van der Waals surface area contributed by atoms with E-state index in [-0.39, 0.29) is 11.7 Å². The number of nitrogens with zero attached hydrogens (tertiary/aromatic N) is 2. The van der Waals surface area contributed by atoms with Gasteiger partial charge < -0.3 is 15.1 Å². The SMILES string of the molecule is O=C(Nc1cc(-c2ccnc(Nc3ccccc3)c2)ccn1)c1ccco1. The second kappa shape index (κ2) is 7.53. The summed E-state index contributed by atoms with van der Waals surface area (Å²) in [5.41, 5.74) is 2.83. The van der Waals surface area contributed by atoms with Crippen LogP contribution in [-0.4, -0.2) is 15.9 Å². The molecule has 0 aliphatic carbocycles. The minimum absolute atomic E-state index is 0.237. The first-order valence-corrected chi connectivity index (χ1v) is 8.37. The molecule has 0 fully saturated rings. The van der Waals surface area contributed by atoms with Gasteiger partial charge in [0.2, 0.25) is 0 Å². The van der Waals surface area contributed by atoms with Crippen molar-refractivity contribution in [2.24, 2.45) is 0 Å². The molecule has 1 aromatic carbocycles. The van der Waals surface area contributed by atoms with Gasteiger partial charge in [-0.1, -0.05) is 18.2 Å². The van der Waals surface area contributed by atoms with Crippen molar-refractivity contribution in [1.29, 1.82) is 0 Å². The van der Waals surface area contributed by atoms with Crippen LogP contribution in [0.2, 0.25) is 0 Å². The molecule has 0 unspecified atom stereocenters. The minimum Gasteiger partial charge on any atom is -0.459 e. The molecule has 0 saturated heterocycles. The highest BCUT2D eigenvalue weighted by atomic mass is 16.3. The molecule has 0 spiro atoms. The number of rotatable bonds is 5. The summed E-state index contributed by atoms with van der Waals surface area (Å²) in [6, 6.07) is 20.6. The van der Waals surface area contributed by atoms with Crippen LogP contribution in [0.5, 0.6) is 0 Å². The van der Waals surface area contributed by atoms with E-state index in [1.807, 2.05) is 54.6 Å². The number of aromatic nitrogens is 2. The van der Waals surface area contributed by atoms with E-state index >= 15 is 0 Å². The summed E-state index contributed by atoms with van der Waals surface area (Å²) >= 11 is 0. The first-order chi connectivity index (χ1) is 13.3. The summed E-state index contributed by atoms with van der Waals surface area (Å²) in [6.07, 6.45) is 4.84. The molecule has 0 aliphatic rings. The first-order valence-electron chi connectivity index (χ1n) is 8.37. The van der Waals surface area contributed by atoms with Gasteiger partial charge in [0.25, 0.3) is 5.91 Å². The van der Waals surface area contributed by atoms with Crippen molar-refractivity contribution < 1.29 is 9.21 Å². The molecular formula is C21H16N4O2. The predicted octanol–water partition coefficient (Wildman–Crippen LogP) is 4.73. The molecule has 0 saturated carbocycles. The number of benzene rings is 1. The fraction of sp³-hybridized carbons (Fsp3) is 0. The monoisotopic (exact) mass is 356 g/mol. The summed E-state index contributed by atoms with van der Waals surface area (Å²) < 4.78 is 5.10. The number of carbonyl (C=O) groups excluding carboxylic acids is 1. The second-order valence-electron chi connectivity index (χ2n) is 5.78. The number of amides is 1. The van der Waals surface area contributed by atoms with Crippen molar-refractivity contribution in [3.63, 3.8) is 0 Å². The van der Waals surface area contributed by atoms with E-state index < -0.39 is 0 Å². The fourth-order valence-corrected chi connectivity index (χ4v) is 2.61. The highest BCUT2D eigenvalue weighted by Crippen LogP contribution is 2.24. The van der Waals surface area contributed by atoms with E-state index in [0.717, 1.165) is 22.6 Å². The smallest absolute Gasteiger partial charge is 0.292 e. The van der Waals surface area contributed by atoms with Gasteiger partial charge in [-0.2, -0.15) is 0 Å². The summed E-state index contributed by atoms with van der Waals surface area (Å²) in [4.78, 5) is 20.7.